The molecule has 0 radical (unpaired) electrons. The Morgan fingerprint density at radius 2 is 2.05 bits per heavy atom. The SMILES string of the molecule is CCCC1C(=O)NC(=O)N(c2cccc(C)c2C#N)C1=O. The maximum atomic E-state index is 12.5. The Morgan fingerprint density at radius 3 is 2.67 bits per heavy atom. The van der Waals surface area contributed by atoms with E-state index >= 15 is 0 Å². The van der Waals surface area contributed by atoms with Crippen molar-refractivity contribution < 1.29 is 14.4 Å². The van der Waals surface area contributed by atoms with Crippen molar-refractivity contribution in [1.29, 1.82) is 5.26 Å². The van der Waals surface area contributed by atoms with Gasteiger partial charge in [0.2, 0.25) is 11.8 Å². The molecule has 1 N–H and O–H groups in total. The Hall–Kier alpha value is -2.68. The van der Waals surface area contributed by atoms with Crippen LogP contribution in [0.4, 0.5) is 10.5 Å². The number of amides is 4. The summed E-state index contributed by atoms with van der Waals surface area (Å²) >= 11 is 0. The zero-order chi connectivity index (χ0) is 15.6. The maximum Gasteiger partial charge on any atom is 0.335 e. The minimum Gasteiger partial charge on any atom is -0.277 e. The second-order valence-corrected chi connectivity index (χ2v) is 4.89. The highest BCUT2D eigenvalue weighted by Crippen LogP contribution is 2.27. The average Bonchev–Trinajstić information content (AvgIpc) is 2.43. The van der Waals surface area contributed by atoms with E-state index in [2.05, 4.69) is 5.32 Å². The predicted molar refractivity (Wildman–Crippen MR) is 75.3 cm³/mol. The van der Waals surface area contributed by atoms with Crippen molar-refractivity contribution in [2.24, 2.45) is 5.92 Å². The quantitative estimate of drug-likeness (QED) is 0.858. The Balaban J connectivity index is 2.50. The molecule has 1 aromatic carbocycles. The number of aryl methyl sites for hydroxylation is 1. The summed E-state index contributed by atoms with van der Waals surface area (Å²) in [7, 11) is 0. The van der Waals surface area contributed by atoms with Gasteiger partial charge in [0.1, 0.15) is 12.0 Å². The van der Waals surface area contributed by atoms with Crippen LogP contribution in [-0.2, 0) is 9.59 Å². The standard InChI is InChI=1S/C15H15N3O3/c1-3-5-10-13(19)17-15(21)18(14(10)20)12-7-4-6-9(2)11(12)8-16/h4,6-7,10H,3,5H2,1-2H3,(H,17,19,21). The molecule has 0 saturated carbocycles. The largest absolute Gasteiger partial charge is 0.335 e. The molecule has 6 nitrogen and oxygen atoms in total. The van der Waals surface area contributed by atoms with Crippen LogP contribution in [0.3, 0.4) is 0 Å². The molecule has 21 heavy (non-hydrogen) atoms. The van der Waals surface area contributed by atoms with Crippen LogP contribution in [0.5, 0.6) is 0 Å². The predicted octanol–water partition coefficient (Wildman–Crippen LogP) is 1.87. The number of benzene rings is 1. The summed E-state index contributed by atoms with van der Waals surface area (Å²) in [6.07, 6.45) is 1.01. The molecular formula is C15H15N3O3. The molecule has 0 spiro atoms. The minimum absolute atomic E-state index is 0.216. The van der Waals surface area contributed by atoms with E-state index in [1.165, 1.54) is 6.07 Å². The highest BCUT2D eigenvalue weighted by molar-refractivity contribution is 6.28. The highest BCUT2D eigenvalue weighted by Gasteiger charge is 2.41. The summed E-state index contributed by atoms with van der Waals surface area (Å²) in [6.45, 7) is 3.58. The first-order chi connectivity index (χ1) is 10.0. The van der Waals surface area contributed by atoms with Crippen LogP contribution in [0, 0.1) is 24.2 Å². The second-order valence-electron chi connectivity index (χ2n) is 4.89. The van der Waals surface area contributed by atoms with Crippen LogP contribution < -0.4 is 10.2 Å². The highest BCUT2D eigenvalue weighted by atomic mass is 16.2. The number of rotatable bonds is 3. The number of nitriles is 1. The van der Waals surface area contributed by atoms with Crippen LogP contribution in [0.25, 0.3) is 0 Å². The number of hydrogen-bond donors (Lipinski definition) is 1. The van der Waals surface area contributed by atoms with Crippen LogP contribution in [0.15, 0.2) is 18.2 Å². The summed E-state index contributed by atoms with van der Waals surface area (Å²) in [5, 5.41) is 11.4. The molecule has 1 heterocycles. The van der Waals surface area contributed by atoms with E-state index in [0.29, 0.717) is 18.4 Å². The monoisotopic (exact) mass is 285 g/mol. The molecule has 1 aliphatic heterocycles. The number of barbiturate groups is 1. The van der Waals surface area contributed by atoms with E-state index < -0.39 is 23.8 Å². The number of anilines is 1. The van der Waals surface area contributed by atoms with E-state index in [4.69, 9.17) is 0 Å². The van der Waals surface area contributed by atoms with Gasteiger partial charge in [-0.15, -0.1) is 0 Å². The van der Waals surface area contributed by atoms with Crippen molar-refractivity contribution in [2.75, 3.05) is 4.90 Å². The zero-order valence-corrected chi connectivity index (χ0v) is 11.8. The smallest absolute Gasteiger partial charge is 0.277 e. The molecule has 1 unspecified atom stereocenters. The summed E-state index contributed by atoms with van der Waals surface area (Å²) in [6, 6.07) is 6.11. The molecule has 1 fully saturated rings. The molecule has 6 heteroatoms. The first kappa shape index (κ1) is 14.7. The lowest BCUT2D eigenvalue weighted by Gasteiger charge is -2.30. The van der Waals surface area contributed by atoms with Gasteiger partial charge in [0.15, 0.2) is 0 Å². The third kappa shape index (κ3) is 2.50. The van der Waals surface area contributed by atoms with E-state index in [1.54, 1.807) is 19.1 Å². The van der Waals surface area contributed by atoms with Crippen molar-refractivity contribution in [2.45, 2.75) is 26.7 Å². The van der Waals surface area contributed by atoms with E-state index in [9.17, 15) is 19.6 Å². The molecule has 1 saturated heterocycles. The maximum absolute atomic E-state index is 12.5. The molecule has 0 aliphatic carbocycles. The van der Waals surface area contributed by atoms with Crippen molar-refractivity contribution >= 4 is 23.5 Å². The first-order valence-corrected chi connectivity index (χ1v) is 6.69. The fraction of sp³-hybridized carbons (Fsp3) is 0.333. The number of nitrogens with one attached hydrogen (secondary N) is 1. The van der Waals surface area contributed by atoms with Crippen LogP contribution in [0.1, 0.15) is 30.9 Å². The number of hydrogen-bond acceptors (Lipinski definition) is 4. The Morgan fingerprint density at radius 1 is 1.33 bits per heavy atom. The average molecular weight is 285 g/mol. The lowest BCUT2D eigenvalue weighted by Crippen LogP contribution is -2.58. The number of urea groups is 1. The lowest BCUT2D eigenvalue weighted by molar-refractivity contribution is -0.134. The molecule has 2 rings (SSSR count). The van der Waals surface area contributed by atoms with Crippen molar-refractivity contribution in [3.05, 3.63) is 29.3 Å². The molecule has 108 valence electrons. The normalized spacial score (nSPS) is 18.4. The van der Waals surface area contributed by atoms with Crippen molar-refractivity contribution in [1.82, 2.24) is 5.32 Å². The number of carbonyl (C=O) groups is 3. The number of imide groups is 2. The first-order valence-electron chi connectivity index (χ1n) is 6.69. The fourth-order valence-corrected chi connectivity index (χ4v) is 2.37. The Bertz CT molecular complexity index is 661. The van der Waals surface area contributed by atoms with Gasteiger partial charge >= 0.3 is 6.03 Å². The van der Waals surface area contributed by atoms with Crippen LogP contribution >= 0.6 is 0 Å². The summed E-state index contributed by atoms with van der Waals surface area (Å²) < 4.78 is 0. The van der Waals surface area contributed by atoms with Gasteiger partial charge in [0, 0.05) is 0 Å². The summed E-state index contributed by atoms with van der Waals surface area (Å²) in [5.41, 5.74) is 1.14. The lowest BCUT2D eigenvalue weighted by atomic mass is 9.97. The third-order valence-electron chi connectivity index (χ3n) is 3.45. The summed E-state index contributed by atoms with van der Waals surface area (Å²) in [5.74, 6) is -2.04. The molecule has 1 atom stereocenters. The molecule has 4 amide bonds. The van der Waals surface area contributed by atoms with Gasteiger partial charge in [-0.3, -0.25) is 14.9 Å². The molecule has 0 bridgehead atoms. The van der Waals surface area contributed by atoms with Gasteiger partial charge in [-0.2, -0.15) is 5.26 Å². The van der Waals surface area contributed by atoms with Gasteiger partial charge in [0.05, 0.1) is 11.3 Å². The molecule has 1 aliphatic rings. The molecule has 1 aromatic rings. The van der Waals surface area contributed by atoms with Gasteiger partial charge < -0.3 is 0 Å². The number of nitrogens with zero attached hydrogens (tertiary/aromatic N) is 2. The fourth-order valence-electron chi connectivity index (χ4n) is 2.37. The Kier molecular flexibility index (Phi) is 4.03. The van der Waals surface area contributed by atoms with Gasteiger partial charge in [-0.1, -0.05) is 25.5 Å². The van der Waals surface area contributed by atoms with Crippen molar-refractivity contribution in [3.63, 3.8) is 0 Å². The van der Waals surface area contributed by atoms with E-state index in [0.717, 1.165) is 4.90 Å². The third-order valence-corrected chi connectivity index (χ3v) is 3.45. The van der Waals surface area contributed by atoms with Crippen LogP contribution in [0.2, 0.25) is 0 Å². The van der Waals surface area contributed by atoms with Gasteiger partial charge in [0.25, 0.3) is 0 Å². The minimum atomic E-state index is -0.889. The second kappa shape index (κ2) is 5.75. The topological polar surface area (TPSA) is 90.3 Å². The van der Waals surface area contributed by atoms with E-state index in [-0.39, 0.29) is 11.3 Å². The van der Waals surface area contributed by atoms with Crippen molar-refractivity contribution in [3.8, 4) is 6.07 Å². The molecule has 0 aromatic heterocycles. The van der Waals surface area contributed by atoms with Gasteiger partial charge in [-0.05, 0) is 25.0 Å². The number of carbonyl (C=O) groups excluding carboxylic acids is 3. The van der Waals surface area contributed by atoms with E-state index in [1.807, 2.05) is 13.0 Å². The summed E-state index contributed by atoms with van der Waals surface area (Å²) in [4.78, 5) is 37.1. The Labute approximate surface area is 122 Å². The zero-order valence-electron chi connectivity index (χ0n) is 11.8. The van der Waals surface area contributed by atoms with Gasteiger partial charge in [-0.25, -0.2) is 9.69 Å². The molecular weight excluding hydrogens is 270 g/mol. The van der Waals surface area contributed by atoms with Crippen LogP contribution in [-0.4, -0.2) is 17.8 Å².